The third-order valence-corrected chi connectivity index (χ3v) is 10.4. The van der Waals surface area contributed by atoms with E-state index in [0.29, 0.717) is 17.8 Å². The first-order valence-corrected chi connectivity index (χ1v) is 16.0. The van der Waals surface area contributed by atoms with Crippen molar-refractivity contribution < 1.29 is 0 Å². The van der Waals surface area contributed by atoms with Crippen LogP contribution in [0.5, 0.6) is 0 Å². The van der Waals surface area contributed by atoms with Crippen molar-refractivity contribution in [2.24, 2.45) is 23.2 Å². The van der Waals surface area contributed by atoms with Crippen molar-refractivity contribution in [2.45, 2.75) is 47.0 Å². The molecule has 8 rings (SSSR count). The zero-order chi connectivity index (χ0) is 28.8. The van der Waals surface area contributed by atoms with Crippen LogP contribution in [0.2, 0.25) is 0 Å². The van der Waals surface area contributed by atoms with Gasteiger partial charge in [0.2, 0.25) is 5.95 Å². The lowest BCUT2D eigenvalue weighted by atomic mass is 9.54. The molecular formula is C35H45Cl2N7. The van der Waals surface area contributed by atoms with Crippen molar-refractivity contribution in [1.29, 1.82) is 0 Å². The Balaban J connectivity index is 0.00000192. The van der Waals surface area contributed by atoms with Gasteiger partial charge in [0.05, 0.1) is 11.0 Å². The first kappa shape index (κ1) is 32.2. The number of rotatable bonds is 9. The number of anilines is 3. The minimum absolute atomic E-state index is 0. The van der Waals surface area contributed by atoms with Gasteiger partial charge in [-0.3, -0.25) is 0 Å². The summed E-state index contributed by atoms with van der Waals surface area (Å²) in [5.41, 5.74) is 2.14. The van der Waals surface area contributed by atoms with Crippen LogP contribution in [0.15, 0.2) is 60.7 Å². The van der Waals surface area contributed by atoms with Gasteiger partial charge >= 0.3 is 0 Å². The highest BCUT2D eigenvalue weighted by molar-refractivity contribution is 5.91. The molecule has 2 bridgehead atoms. The molecule has 4 unspecified atom stereocenters. The van der Waals surface area contributed by atoms with Crippen molar-refractivity contribution in [3.05, 3.63) is 66.5 Å². The summed E-state index contributed by atoms with van der Waals surface area (Å²) in [4.78, 5) is 28.0. The minimum Gasteiger partial charge on any atom is -0.357 e. The molecule has 2 aromatic carbocycles. The summed E-state index contributed by atoms with van der Waals surface area (Å²) >= 11 is 0. The number of fused-ring (bicyclic) bond motifs is 3. The van der Waals surface area contributed by atoms with Gasteiger partial charge in [-0.05, 0) is 82.6 Å². The monoisotopic (exact) mass is 633 g/mol. The van der Waals surface area contributed by atoms with Crippen LogP contribution < -0.4 is 14.7 Å². The number of allylic oxidation sites excluding steroid dienone is 2. The van der Waals surface area contributed by atoms with Gasteiger partial charge in [-0.15, -0.1) is 24.8 Å². The molecule has 1 aliphatic heterocycles. The van der Waals surface area contributed by atoms with Crippen molar-refractivity contribution in [3.8, 4) is 0 Å². The molecule has 7 nitrogen and oxygen atoms in total. The van der Waals surface area contributed by atoms with Gasteiger partial charge in [-0.1, -0.05) is 36.4 Å². The molecule has 0 radical (unpaired) electrons. The van der Waals surface area contributed by atoms with Crippen LogP contribution in [-0.2, 0) is 6.42 Å². The summed E-state index contributed by atoms with van der Waals surface area (Å²) in [5, 5.41) is 2.28. The fraction of sp³-hybridized carbons (Fsp3) is 0.486. The zero-order valence-corrected chi connectivity index (χ0v) is 27.9. The molecule has 2 aromatic heterocycles. The average Bonchev–Trinajstić information content (AvgIpc) is 3.51. The first-order chi connectivity index (χ1) is 20.6. The number of hydrogen-bond donors (Lipinski definition) is 0. The summed E-state index contributed by atoms with van der Waals surface area (Å²) in [5.74, 6) is 5.77. The number of nitrogens with zero attached hydrogens (tertiary/aromatic N) is 7. The minimum atomic E-state index is 0. The van der Waals surface area contributed by atoms with E-state index in [1.165, 1.54) is 12.8 Å². The lowest BCUT2D eigenvalue weighted by molar-refractivity contribution is 0.0710. The van der Waals surface area contributed by atoms with Gasteiger partial charge < -0.3 is 14.7 Å². The number of benzene rings is 2. The molecule has 3 heterocycles. The maximum absolute atomic E-state index is 5.26. The Morgan fingerprint density at radius 3 is 1.93 bits per heavy atom. The van der Waals surface area contributed by atoms with Crippen LogP contribution in [0.3, 0.4) is 0 Å². The topological polar surface area (TPSA) is 61.3 Å². The second-order valence-corrected chi connectivity index (χ2v) is 12.3. The fourth-order valence-corrected chi connectivity index (χ4v) is 8.11. The molecule has 9 heteroatoms. The van der Waals surface area contributed by atoms with Gasteiger partial charge in [-0.2, -0.15) is 4.98 Å². The highest BCUT2D eigenvalue weighted by Gasteiger charge is 2.54. The third-order valence-electron chi connectivity index (χ3n) is 10.4. The van der Waals surface area contributed by atoms with Crippen molar-refractivity contribution in [2.75, 3.05) is 54.0 Å². The van der Waals surface area contributed by atoms with E-state index < -0.39 is 0 Å². The van der Waals surface area contributed by atoms with Crippen LogP contribution in [-0.4, -0.2) is 59.2 Å². The van der Waals surface area contributed by atoms with E-state index in [-0.39, 0.29) is 30.2 Å². The SMILES string of the molecule is CCN(CC)c1nc(CC23C=CC(CC2)C2CN(c4nc(N(CC)CC)c5ccccc5n4)CC23)nc2ccccc12.Cl.Cl. The molecule has 44 heavy (non-hydrogen) atoms. The van der Waals surface area contributed by atoms with Crippen LogP contribution in [0.1, 0.15) is 46.4 Å². The van der Waals surface area contributed by atoms with E-state index in [1.54, 1.807) is 0 Å². The van der Waals surface area contributed by atoms with E-state index in [1.807, 2.05) is 0 Å². The third kappa shape index (κ3) is 5.36. The Labute approximate surface area is 274 Å². The van der Waals surface area contributed by atoms with Gasteiger partial charge in [0, 0.05) is 61.9 Å². The second kappa shape index (κ2) is 13.1. The maximum Gasteiger partial charge on any atom is 0.227 e. The van der Waals surface area contributed by atoms with Gasteiger partial charge in [0.15, 0.2) is 0 Å². The van der Waals surface area contributed by atoms with Crippen LogP contribution in [0.25, 0.3) is 21.8 Å². The summed E-state index contributed by atoms with van der Waals surface area (Å²) in [7, 11) is 0. The standard InChI is InChI=1S/C35H43N7.2ClH/c1-5-40(6-2)32-25-13-9-11-15-29(25)36-31(38-32)21-35-19-17-24(18-20-35)27-22-42(23-28(27)35)34-37-30-16-12-10-14-26(30)33(39-34)41(7-3)8-4;;/h9-17,19,24,27-28H,5-8,18,20-23H2,1-4H3;2*1H. The molecule has 1 saturated heterocycles. The Morgan fingerprint density at radius 1 is 0.750 bits per heavy atom. The molecule has 234 valence electrons. The number of hydrogen-bond acceptors (Lipinski definition) is 7. The van der Waals surface area contributed by atoms with E-state index in [4.69, 9.17) is 19.9 Å². The van der Waals surface area contributed by atoms with E-state index in [9.17, 15) is 0 Å². The van der Waals surface area contributed by atoms with Crippen LogP contribution in [0.4, 0.5) is 17.6 Å². The molecule has 4 atom stereocenters. The van der Waals surface area contributed by atoms with Crippen LogP contribution >= 0.6 is 24.8 Å². The van der Waals surface area contributed by atoms with Crippen molar-refractivity contribution in [3.63, 3.8) is 0 Å². The predicted molar refractivity (Wildman–Crippen MR) is 188 cm³/mol. The van der Waals surface area contributed by atoms with E-state index in [2.05, 4.69) is 103 Å². The normalized spacial score (nSPS) is 23.4. The smallest absolute Gasteiger partial charge is 0.227 e. The van der Waals surface area contributed by atoms with Gasteiger partial charge in [0.1, 0.15) is 17.5 Å². The summed E-state index contributed by atoms with van der Waals surface area (Å²) in [6.07, 6.45) is 8.38. The molecule has 4 aromatic rings. The molecule has 0 N–H and O–H groups in total. The predicted octanol–water partition coefficient (Wildman–Crippen LogP) is 7.37. The quantitative estimate of drug-likeness (QED) is 0.178. The molecule has 1 saturated carbocycles. The Bertz CT molecular complexity index is 1640. The average molecular weight is 635 g/mol. The second-order valence-electron chi connectivity index (χ2n) is 12.3. The Kier molecular flexibility index (Phi) is 9.57. The molecule has 4 aliphatic rings. The van der Waals surface area contributed by atoms with Crippen molar-refractivity contribution >= 4 is 64.2 Å². The van der Waals surface area contributed by atoms with Gasteiger partial charge in [-0.25, -0.2) is 15.0 Å². The summed E-state index contributed by atoms with van der Waals surface area (Å²) < 4.78 is 0. The van der Waals surface area contributed by atoms with E-state index >= 15 is 0 Å². The molecule has 2 fully saturated rings. The maximum atomic E-state index is 5.26. The largest absolute Gasteiger partial charge is 0.357 e. The van der Waals surface area contributed by atoms with Gasteiger partial charge in [0.25, 0.3) is 0 Å². The fourth-order valence-electron chi connectivity index (χ4n) is 8.11. The number of para-hydroxylation sites is 2. The number of aromatic nitrogens is 4. The summed E-state index contributed by atoms with van der Waals surface area (Å²) in [6.45, 7) is 14.6. The van der Waals surface area contributed by atoms with Crippen molar-refractivity contribution in [1.82, 2.24) is 19.9 Å². The molecule has 0 amide bonds. The van der Waals surface area contributed by atoms with E-state index in [0.717, 1.165) is 90.9 Å². The highest BCUT2D eigenvalue weighted by Crippen LogP contribution is 2.57. The molecular weight excluding hydrogens is 589 g/mol. The number of halogens is 2. The van der Waals surface area contributed by atoms with Crippen LogP contribution in [0, 0.1) is 23.2 Å². The zero-order valence-electron chi connectivity index (χ0n) is 26.3. The summed E-state index contributed by atoms with van der Waals surface area (Å²) in [6, 6.07) is 17.0. The Morgan fingerprint density at radius 2 is 1.34 bits per heavy atom. The molecule has 3 aliphatic carbocycles. The lowest BCUT2D eigenvalue weighted by Gasteiger charge is -2.50. The molecule has 0 spiro atoms. The lowest BCUT2D eigenvalue weighted by Crippen LogP contribution is -2.46. The Hall–Kier alpha value is -3.16. The first-order valence-electron chi connectivity index (χ1n) is 16.0. The highest BCUT2D eigenvalue weighted by atomic mass is 35.5.